The molecule has 0 amide bonds. The minimum absolute atomic E-state index is 0.289. The summed E-state index contributed by atoms with van der Waals surface area (Å²) in [6, 6.07) is 1.16. The molecule has 0 saturated heterocycles. The van der Waals surface area contributed by atoms with Crippen molar-refractivity contribution in [1.29, 1.82) is 5.26 Å². The number of pyridine rings is 1. The molecule has 1 rings (SSSR count). The monoisotopic (exact) mass is 245 g/mol. The van der Waals surface area contributed by atoms with Gasteiger partial charge in [-0.1, -0.05) is 0 Å². The van der Waals surface area contributed by atoms with Crippen LogP contribution in [0.25, 0.3) is 0 Å². The van der Waals surface area contributed by atoms with Gasteiger partial charge in [0.2, 0.25) is 0 Å². The van der Waals surface area contributed by atoms with E-state index in [0.717, 1.165) is 25.4 Å². The summed E-state index contributed by atoms with van der Waals surface area (Å²) in [6.07, 6.45) is -2.02. The first kappa shape index (κ1) is 13.4. The lowest BCUT2D eigenvalue weighted by Gasteiger charge is -2.34. The Morgan fingerprint density at radius 3 is 2.41 bits per heavy atom. The van der Waals surface area contributed by atoms with Crippen molar-refractivity contribution in [3.05, 3.63) is 34.8 Å². The number of hydrogen-bond acceptors (Lipinski definition) is 3. The molecule has 1 aromatic rings. The van der Waals surface area contributed by atoms with E-state index < -0.39 is 22.6 Å². The van der Waals surface area contributed by atoms with Crippen LogP contribution in [-0.2, 0) is 6.18 Å². The van der Waals surface area contributed by atoms with Crippen LogP contribution in [0.1, 0.15) is 24.2 Å². The van der Waals surface area contributed by atoms with Gasteiger partial charge in [-0.25, -0.2) is 0 Å². The van der Waals surface area contributed by atoms with Crippen molar-refractivity contribution in [2.24, 2.45) is 0 Å². The van der Waals surface area contributed by atoms with Crippen LogP contribution in [0.2, 0.25) is 0 Å². The minimum atomic E-state index is -4.51. The van der Waals surface area contributed by atoms with Crippen LogP contribution < -0.4 is 0 Å². The van der Waals surface area contributed by atoms with E-state index in [1.807, 2.05) is 0 Å². The molecule has 0 saturated carbocycles. The molecule has 0 radical (unpaired) electrons. The van der Waals surface area contributed by atoms with Crippen LogP contribution in [0.4, 0.5) is 13.2 Å². The van der Waals surface area contributed by atoms with Crippen LogP contribution in [0.3, 0.4) is 0 Å². The van der Waals surface area contributed by atoms with Gasteiger partial charge in [0, 0.05) is 11.8 Å². The van der Waals surface area contributed by atoms with Crippen molar-refractivity contribution < 1.29 is 17.8 Å². The molecule has 17 heavy (non-hydrogen) atoms. The molecule has 0 spiro atoms. The van der Waals surface area contributed by atoms with E-state index in [4.69, 9.17) is 5.26 Å². The average Bonchev–Trinajstić information content (AvgIpc) is 2.27. The Hall–Kier alpha value is -1.65. The first-order valence-electron chi connectivity index (χ1n) is 4.70. The van der Waals surface area contributed by atoms with Crippen molar-refractivity contribution in [2.75, 3.05) is 7.05 Å². The zero-order valence-corrected chi connectivity index (χ0v) is 9.19. The van der Waals surface area contributed by atoms with Crippen LogP contribution in [0, 0.1) is 16.7 Å². The molecule has 2 unspecified atom stereocenters. The summed E-state index contributed by atoms with van der Waals surface area (Å²) in [4.78, 5) is 3.24. The number of hydrogen-bond donors (Lipinski definition) is 0. The smallest absolute Gasteiger partial charge is 0.433 e. The number of quaternary nitrogens is 1. The zero-order chi connectivity index (χ0) is 13.3. The highest BCUT2D eigenvalue weighted by Crippen LogP contribution is 2.29. The molecule has 0 aromatic carbocycles. The van der Waals surface area contributed by atoms with Gasteiger partial charge in [0.05, 0.1) is 7.05 Å². The van der Waals surface area contributed by atoms with E-state index in [9.17, 15) is 18.4 Å². The van der Waals surface area contributed by atoms with Crippen molar-refractivity contribution in [2.45, 2.75) is 19.1 Å². The second-order valence-corrected chi connectivity index (χ2v) is 3.74. The molecule has 1 heterocycles. The average molecular weight is 245 g/mol. The molecule has 4 nitrogen and oxygen atoms in total. The van der Waals surface area contributed by atoms with Gasteiger partial charge in [-0.3, -0.25) is 9.63 Å². The summed E-state index contributed by atoms with van der Waals surface area (Å²) >= 11 is 0. The molecule has 1 aromatic heterocycles. The lowest BCUT2D eigenvalue weighted by atomic mass is 10.1. The Kier molecular flexibility index (Phi) is 3.40. The number of halogens is 3. The predicted octanol–water partition coefficient (Wildman–Crippen LogP) is 2.59. The third-order valence-corrected chi connectivity index (χ3v) is 2.50. The normalized spacial score (nSPS) is 17.0. The highest BCUT2D eigenvalue weighted by molar-refractivity contribution is 5.18. The fourth-order valence-electron chi connectivity index (χ4n) is 1.19. The second kappa shape index (κ2) is 4.31. The number of nitriles is 1. The maximum atomic E-state index is 12.2. The molecular formula is C10H10F3N3O. The Morgan fingerprint density at radius 1 is 1.47 bits per heavy atom. The van der Waals surface area contributed by atoms with Crippen molar-refractivity contribution >= 4 is 0 Å². The summed E-state index contributed by atoms with van der Waals surface area (Å²) in [6.45, 7) is 1.46. The van der Waals surface area contributed by atoms with E-state index in [0.29, 0.717) is 0 Å². The molecule has 92 valence electrons. The Labute approximate surface area is 96.1 Å². The van der Waals surface area contributed by atoms with Crippen LogP contribution in [-0.4, -0.2) is 16.7 Å². The van der Waals surface area contributed by atoms with Gasteiger partial charge in [-0.15, -0.1) is 5.26 Å². The number of rotatable bonds is 2. The summed E-state index contributed by atoms with van der Waals surface area (Å²) in [7, 11) is 1.13. The quantitative estimate of drug-likeness (QED) is 0.457. The number of alkyl halides is 3. The summed E-state index contributed by atoms with van der Waals surface area (Å²) < 4.78 is 35.5. The van der Waals surface area contributed by atoms with Crippen molar-refractivity contribution in [3.8, 4) is 6.19 Å². The predicted molar refractivity (Wildman–Crippen MR) is 52.8 cm³/mol. The van der Waals surface area contributed by atoms with Gasteiger partial charge in [0.25, 0.3) is 0 Å². The first-order valence-corrected chi connectivity index (χ1v) is 4.70. The maximum absolute atomic E-state index is 12.2. The van der Waals surface area contributed by atoms with Gasteiger partial charge < -0.3 is 5.21 Å². The minimum Gasteiger partial charge on any atom is -0.617 e. The van der Waals surface area contributed by atoms with E-state index in [1.165, 1.54) is 13.1 Å². The third kappa shape index (κ3) is 2.93. The van der Waals surface area contributed by atoms with Gasteiger partial charge in [0.15, 0.2) is 0 Å². The van der Waals surface area contributed by atoms with Crippen LogP contribution >= 0.6 is 0 Å². The van der Waals surface area contributed by atoms with E-state index in [-0.39, 0.29) is 5.56 Å². The largest absolute Gasteiger partial charge is 0.617 e. The number of aromatic nitrogens is 1. The molecule has 2 atom stereocenters. The Balaban J connectivity index is 3.01. The lowest BCUT2D eigenvalue weighted by Crippen LogP contribution is -2.34. The topological polar surface area (TPSA) is 59.7 Å². The number of nitrogens with zero attached hydrogens (tertiary/aromatic N) is 3. The summed E-state index contributed by atoms with van der Waals surface area (Å²) in [5.74, 6) is 0. The molecule has 0 aliphatic rings. The summed E-state index contributed by atoms with van der Waals surface area (Å²) in [5, 5.41) is 20.2. The molecule has 0 fully saturated rings. The molecule has 0 aliphatic heterocycles. The molecule has 0 bridgehead atoms. The van der Waals surface area contributed by atoms with Crippen molar-refractivity contribution in [1.82, 2.24) is 4.98 Å². The Bertz CT molecular complexity index is 434. The second-order valence-electron chi connectivity index (χ2n) is 3.74. The highest BCUT2D eigenvalue weighted by Gasteiger charge is 2.32. The molecule has 0 N–H and O–H groups in total. The zero-order valence-electron chi connectivity index (χ0n) is 9.19. The molecule has 7 heteroatoms. The molecule has 0 aliphatic carbocycles. The van der Waals surface area contributed by atoms with E-state index >= 15 is 0 Å². The van der Waals surface area contributed by atoms with Gasteiger partial charge in [-0.2, -0.15) is 13.2 Å². The van der Waals surface area contributed by atoms with Crippen LogP contribution in [0.15, 0.2) is 18.3 Å². The van der Waals surface area contributed by atoms with Gasteiger partial charge in [0.1, 0.15) is 11.7 Å². The van der Waals surface area contributed by atoms with E-state index in [2.05, 4.69) is 4.98 Å². The lowest BCUT2D eigenvalue weighted by molar-refractivity contribution is -0.825. The number of hydroxylamine groups is 3. The van der Waals surface area contributed by atoms with E-state index in [1.54, 1.807) is 0 Å². The third-order valence-electron chi connectivity index (χ3n) is 2.50. The summed E-state index contributed by atoms with van der Waals surface area (Å²) in [5.41, 5.74) is -0.734. The van der Waals surface area contributed by atoms with Gasteiger partial charge in [-0.05, 0) is 19.1 Å². The fourth-order valence-corrected chi connectivity index (χ4v) is 1.19. The van der Waals surface area contributed by atoms with Gasteiger partial charge >= 0.3 is 12.4 Å². The Morgan fingerprint density at radius 2 is 2.06 bits per heavy atom. The fraction of sp³-hybridized carbons (Fsp3) is 0.400. The van der Waals surface area contributed by atoms with Crippen LogP contribution in [0.5, 0.6) is 0 Å². The van der Waals surface area contributed by atoms with Crippen molar-refractivity contribution in [3.63, 3.8) is 0 Å². The SMILES string of the molecule is CC(c1ccc(C(F)(F)F)nc1)[N+](C)([O-])C#N. The molecular weight excluding hydrogens is 235 g/mol. The standard InChI is InChI=1S/C10H10F3N3O/c1-7(16(2,17)6-14)8-3-4-9(15-5-8)10(11,12)13/h3-5,7H,1-2H3. The first-order chi connectivity index (χ1) is 7.68. The highest BCUT2D eigenvalue weighted by atomic mass is 19.4. The maximum Gasteiger partial charge on any atom is 0.433 e.